The van der Waals surface area contributed by atoms with Crippen molar-refractivity contribution in [1.29, 1.82) is 0 Å². The Hall–Kier alpha value is -1.04. The first kappa shape index (κ1) is 15.4. The first-order valence-corrected chi connectivity index (χ1v) is 8.56. The van der Waals surface area contributed by atoms with E-state index in [0.29, 0.717) is 11.3 Å². The molecule has 0 saturated carbocycles. The lowest BCUT2D eigenvalue weighted by Crippen LogP contribution is -2.05. The molecule has 106 valence electrons. The van der Waals surface area contributed by atoms with Crippen LogP contribution in [0, 0.1) is 0 Å². The summed E-state index contributed by atoms with van der Waals surface area (Å²) in [5, 5.41) is 0.233. The Morgan fingerprint density at radius 3 is 2.55 bits per heavy atom. The van der Waals surface area contributed by atoms with Crippen molar-refractivity contribution < 1.29 is 13.2 Å². The summed E-state index contributed by atoms with van der Waals surface area (Å²) < 4.78 is 30.7. The fourth-order valence-electron chi connectivity index (χ4n) is 1.79. The lowest BCUT2D eigenvalue weighted by Gasteiger charge is -2.09. The third kappa shape index (κ3) is 3.34. The van der Waals surface area contributed by atoms with Crippen LogP contribution in [-0.2, 0) is 15.6 Å². The molecule has 2 aromatic carbocycles. The first-order chi connectivity index (χ1) is 9.44. The predicted octanol–water partition coefficient (Wildman–Crippen LogP) is 4.09. The molecule has 0 unspecified atom stereocenters. The van der Waals surface area contributed by atoms with Gasteiger partial charge < -0.3 is 4.74 Å². The monoisotopic (exact) mass is 374 g/mol. The lowest BCUT2D eigenvalue weighted by atomic mass is 10.2. The Labute approximate surface area is 131 Å². The Morgan fingerprint density at radius 1 is 1.20 bits per heavy atom. The Morgan fingerprint density at radius 2 is 1.90 bits per heavy atom. The molecule has 6 heteroatoms. The molecule has 0 aliphatic heterocycles. The largest absolute Gasteiger partial charge is 0.496 e. The van der Waals surface area contributed by atoms with Crippen LogP contribution in [0.25, 0.3) is 0 Å². The van der Waals surface area contributed by atoms with Crippen LogP contribution >= 0.6 is 27.5 Å². The van der Waals surface area contributed by atoms with Gasteiger partial charge in [0.15, 0.2) is 9.84 Å². The molecule has 0 N–H and O–H groups in total. The Balaban J connectivity index is 2.36. The molecule has 2 rings (SSSR count). The Kier molecular flexibility index (Phi) is 4.73. The highest BCUT2D eigenvalue weighted by atomic mass is 79.9. The minimum Gasteiger partial charge on any atom is -0.496 e. The standard InChI is InChI=1S/C14H12BrClO3S/c1-19-13-8-10(6-7-11(13)15)9-20(17,18)14-5-3-2-4-12(14)16/h2-8H,9H2,1H3. The van der Waals surface area contributed by atoms with Crippen molar-refractivity contribution in [3.8, 4) is 5.75 Å². The number of hydrogen-bond acceptors (Lipinski definition) is 3. The summed E-state index contributed by atoms with van der Waals surface area (Å²) in [5.41, 5.74) is 0.643. The van der Waals surface area contributed by atoms with Crippen molar-refractivity contribution in [2.45, 2.75) is 10.6 Å². The maximum atomic E-state index is 12.4. The summed E-state index contributed by atoms with van der Waals surface area (Å²) in [6.45, 7) is 0. The number of sulfone groups is 1. The highest BCUT2D eigenvalue weighted by Gasteiger charge is 2.19. The van der Waals surface area contributed by atoms with Gasteiger partial charge in [0.1, 0.15) is 5.75 Å². The van der Waals surface area contributed by atoms with Gasteiger partial charge in [-0.15, -0.1) is 0 Å². The molecule has 3 nitrogen and oxygen atoms in total. The molecule has 0 heterocycles. The normalized spacial score (nSPS) is 11.3. The summed E-state index contributed by atoms with van der Waals surface area (Å²) in [6.07, 6.45) is 0. The van der Waals surface area contributed by atoms with Crippen molar-refractivity contribution >= 4 is 37.4 Å². The second kappa shape index (κ2) is 6.16. The van der Waals surface area contributed by atoms with Crippen LogP contribution in [0.4, 0.5) is 0 Å². The maximum Gasteiger partial charge on any atom is 0.183 e. The van der Waals surface area contributed by atoms with Crippen LogP contribution in [0.2, 0.25) is 5.02 Å². The van der Waals surface area contributed by atoms with Crippen LogP contribution in [0.5, 0.6) is 5.75 Å². The average molecular weight is 376 g/mol. The summed E-state index contributed by atoms with van der Waals surface area (Å²) in [4.78, 5) is 0.142. The van der Waals surface area contributed by atoms with E-state index in [0.717, 1.165) is 4.47 Å². The fraction of sp³-hybridized carbons (Fsp3) is 0.143. The lowest BCUT2D eigenvalue weighted by molar-refractivity contribution is 0.412. The van der Waals surface area contributed by atoms with Gasteiger partial charge in [0.25, 0.3) is 0 Å². The van der Waals surface area contributed by atoms with Gasteiger partial charge >= 0.3 is 0 Å². The zero-order valence-corrected chi connectivity index (χ0v) is 13.8. The summed E-state index contributed by atoms with van der Waals surface area (Å²) in [6, 6.07) is 11.6. The summed E-state index contributed by atoms with van der Waals surface area (Å²) in [5.74, 6) is 0.470. The third-order valence-electron chi connectivity index (χ3n) is 2.74. The average Bonchev–Trinajstić information content (AvgIpc) is 2.41. The fourth-order valence-corrected chi connectivity index (χ4v) is 4.11. The third-order valence-corrected chi connectivity index (χ3v) is 5.58. The molecule has 0 aromatic heterocycles. The number of ether oxygens (including phenoxy) is 1. The maximum absolute atomic E-state index is 12.4. The quantitative estimate of drug-likeness (QED) is 0.808. The topological polar surface area (TPSA) is 43.4 Å². The van der Waals surface area contributed by atoms with Crippen LogP contribution in [0.1, 0.15) is 5.56 Å². The van der Waals surface area contributed by atoms with Gasteiger partial charge in [-0.2, -0.15) is 0 Å². The van der Waals surface area contributed by atoms with Crippen LogP contribution in [0.15, 0.2) is 51.8 Å². The van der Waals surface area contributed by atoms with Crippen LogP contribution < -0.4 is 4.74 Å². The highest BCUT2D eigenvalue weighted by molar-refractivity contribution is 9.10. The molecule has 0 spiro atoms. The molecule has 0 aliphatic carbocycles. The van der Waals surface area contributed by atoms with E-state index in [9.17, 15) is 8.42 Å². The van der Waals surface area contributed by atoms with E-state index in [-0.39, 0.29) is 15.7 Å². The molecule has 0 bridgehead atoms. The van der Waals surface area contributed by atoms with Gasteiger partial charge in [0.2, 0.25) is 0 Å². The molecule has 0 aliphatic rings. The number of benzene rings is 2. The number of methoxy groups -OCH3 is 1. The van der Waals surface area contributed by atoms with Gasteiger partial charge in [0.05, 0.1) is 27.3 Å². The zero-order chi connectivity index (χ0) is 14.8. The van der Waals surface area contributed by atoms with Crippen molar-refractivity contribution in [3.63, 3.8) is 0 Å². The SMILES string of the molecule is COc1cc(CS(=O)(=O)c2ccccc2Cl)ccc1Br. The van der Waals surface area contributed by atoms with Crippen molar-refractivity contribution in [3.05, 3.63) is 57.5 Å². The van der Waals surface area contributed by atoms with Gasteiger partial charge in [-0.1, -0.05) is 29.8 Å². The molecule has 20 heavy (non-hydrogen) atoms. The van der Waals surface area contributed by atoms with E-state index in [1.807, 2.05) is 0 Å². The number of rotatable bonds is 4. The number of halogens is 2. The van der Waals surface area contributed by atoms with E-state index in [2.05, 4.69) is 15.9 Å². The van der Waals surface area contributed by atoms with Crippen LogP contribution in [-0.4, -0.2) is 15.5 Å². The van der Waals surface area contributed by atoms with Gasteiger partial charge in [0, 0.05) is 0 Å². The second-order valence-electron chi connectivity index (χ2n) is 4.16. The predicted molar refractivity (Wildman–Crippen MR) is 83.0 cm³/mol. The molecule has 0 atom stereocenters. The zero-order valence-electron chi connectivity index (χ0n) is 10.6. The Bertz CT molecular complexity index is 729. The first-order valence-electron chi connectivity index (χ1n) is 5.74. The van der Waals surface area contributed by atoms with Gasteiger partial charge in [-0.05, 0) is 45.8 Å². The summed E-state index contributed by atoms with van der Waals surface area (Å²) in [7, 11) is -1.95. The van der Waals surface area contributed by atoms with E-state index >= 15 is 0 Å². The van der Waals surface area contributed by atoms with Crippen molar-refractivity contribution in [2.24, 2.45) is 0 Å². The summed E-state index contributed by atoms with van der Waals surface area (Å²) >= 11 is 9.28. The molecule has 0 radical (unpaired) electrons. The van der Waals surface area contributed by atoms with E-state index in [1.54, 1.807) is 36.4 Å². The molecule has 0 saturated heterocycles. The minimum absolute atomic E-state index is 0.125. The molecular weight excluding hydrogens is 364 g/mol. The molecule has 0 amide bonds. The van der Waals surface area contributed by atoms with E-state index in [1.165, 1.54) is 13.2 Å². The molecular formula is C14H12BrClO3S. The van der Waals surface area contributed by atoms with E-state index < -0.39 is 9.84 Å². The minimum atomic E-state index is -3.48. The van der Waals surface area contributed by atoms with Crippen molar-refractivity contribution in [1.82, 2.24) is 0 Å². The van der Waals surface area contributed by atoms with E-state index in [4.69, 9.17) is 16.3 Å². The second-order valence-corrected chi connectivity index (χ2v) is 7.38. The van der Waals surface area contributed by atoms with Gasteiger partial charge in [-0.25, -0.2) is 8.42 Å². The number of hydrogen-bond donors (Lipinski definition) is 0. The molecule has 0 fully saturated rings. The van der Waals surface area contributed by atoms with Crippen LogP contribution in [0.3, 0.4) is 0 Å². The smallest absolute Gasteiger partial charge is 0.183 e. The highest BCUT2D eigenvalue weighted by Crippen LogP contribution is 2.29. The van der Waals surface area contributed by atoms with Crippen molar-refractivity contribution in [2.75, 3.05) is 7.11 Å². The molecule has 2 aromatic rings. The van der Waals surface area contributed by atoms with Gasteiger partial charge in [-0.3, -0.25) is 0 Å².